The molecule has 0 N–H and O–H groups in total. The lowest BCUT2D eigenvalue weighted by molar-refractivity contribution is -0.143. The van der Waals surface area contributed by atoms with E-state index in [2.05, 4.69) is 25.3 Å². The van der Waals surface area contributed by atoms with Gasteiger partial charge in [-0.25, -0.2) is 0 Å². The molecule has 196 valence electrons. The van der Waals surface area contributed by atoms with E-state index >= 15 is 0 Å². The van der Waals surface area contributed by atoms with Crippen LogP contribution in [-0.4, -0.2) is 55.0 Å². The summed E-state index contributed by atoms with van der Waals surface area (Å²) >= 11 is 1.72. The standard InChI is InChI=1S/C30H36N2O4S/c1-4-22(2)19-31(29(33)18-23-10-6-5-7-11-23)20-30(34)32-16-14-28-24(15-17-37-28)25(32)21-36-27-13-9-8-12-26(27)35-3/h5-13,15,17,22,25H,4,14,16,18-21H2,1-3H3/t22-,25+/m1/s1. The smallest absolute Gasteiger partial charge is 0.242 e. The molecule has 0 bridgehead atoms. The molecule has 3 aromatic rings. The number of fused-ring (bicyclic) bond motifs is 1. The molecule has 0 saturated heterocycles. The Labute approximate surface area is 223 Å². The summed E-state index contributed by atoms with van der Waals surface area (Å²) in [5.74, 6) is 1.55. The zero-order chi connectivity index (χ0) is 26.2. The third kappa shape index (κ3) is 6.72. The lowest BCUT2D eigenvalue weighted by Gasteiger charge is -2.37. The van der Waals surface area contributed by atoms with Crippen molar-refractivity contribution >= 4 is 23.2 Å². The van der Waals surface area contributed by atoms with Crippen LogP contribution in [0.25, 0.3) is 0 Å². The highest BCUT2D eigenvalue weighted by molar-refractivity contribution is 7.10. The summed E-state index contributed by atoms with van der Waals surface area (Å²) in [6.07, 6.45) is 2.05. The number of amides is 2. The fraction of sp³-hybridized carbons (Fsp3) is 0.400. The predicted molar refractivity (Wildman–Crippen MR) is 147 cm³/mol. The highest BCUT2D eigenvalue weighted by Crippen LogP contribution is 2.35. The molecule has 0 aliphatic carbocycles. The largest absolute Gasteiger partial charge is 0.493 e. The van der Waals surface area contributed by atoms with E-state index in [9.17, 15) is 9.59 Å². The van der Waals surface area contributed by atoms with Gasteiger partial charge in [-0.2, -0.15) is 0 Å². The van der Waals surface area contributed by atoms with E-state index in [1.165, 1.54) is 4.88 Å². The summed E-state index contributed by atoms with van der Waals surface area (Å²) < 4.78 is 11.6. The molecule has 2 aromatic carbocycles. The summed E-state index contributed by atoms with van der Waals surface area (Å²) in [6.45, 7) is 5.79. The Balaban J connectivity index is 1.51. The van der Waals surface area contributed by atoms with Gasteiger partial charge in [0.1, 0.15) is 6.61 Å². The molecule has 37 heavy (non-hydrogen) atoms. The Morgan fingerprint density at radius 2 is 1.81 bits per heavy atom. The number of methoxy groups -OCH3 is 1. The molecule has 7 heteroatoms. The summed E-state index contributed by atoms with van der Waals surface area (Å²) in [5, 5.41) is 2.08. The maximum Gasteiger partial charge on any atom is 0.242 e. The fourth-order valence-electron chi connectivity index (χ4n) is 4.68. The van der Waals surface area contributed by atoms with Crippen molar-refractivity contribution in [2.24, 2.45) is 5.92 Å². The normalized spacial score (nSPS) is 15.5. The average Bonchev–Trinajstić information content (AvgIpc) is 3.41. The molecule has 0 unspecified atom stereocenters. The van der Waals surface area contributed by atoms with E-state index in [0.717, 1.165) is 24.0 Å². The van der Waals surface area contributed by atoms with Crippen LogP contribution >= 0.6 is 11.3 Å². The van der Waals surface area contributed by atoms with Gasteiger partial charge >= 0.3 is 0 Å². The number of hydrogen-bond acceptors (Lipinski definition) is 5. The van der Waals surface area contributed by atoms with Gasteiger partial charge in [0.05, 0.1) is 26.1 Å². The second-order valence-electron chi connectivity index (χ2n) is 9.56. The average molecular weight is 521 g/mol. The lowest BCUT2D eigenvalue weighted by atomic mass is 10.00. The molecule has 0 saturated carbocycles. The minimum absolute atomic E-state index is 0.0186. The molecule has 2 heterocycles. The molecule has 0 radical (unpaired) electrons. The van der Waals surface area contributed by atoms with Crippen molar-refractivity contribution < 1.29 is 19.1 Å². The van der Waals surface area contributed by atoms with Gasteiger partial charge < -0.3 is 19.3 Å². The second-order valence-corrected chi connectivity index (χ2v) is 10.6. The van der Waals surface area contributed by atoms with Crippen LogP contribution < -0.4 is 9.47 Å². The van der Waals surface area contributed by atoms with Crippen LogP contribution in [0.1, 0.15) is 42.3 Å². The Morgan fingerprint density at radius 1 is 1.08 bits per heavy atom. The van der Waals surface area contributed by atoms with E-state index in [1.54, 1.807) is 23.3 Å². The quantitative estimate of drug-likeness (QED) is 0.341. The fourth-order valence-corrected chi connectivity index (χ4v) is 5.61. The Kier molecular flexibility index (Phi) is 9.23. The summed E-state index contributed by atoms with van der Waals surface area (Å²) in [7, 11) is 1.62. The number of ether oxygens (including phenoxy) is 2. The molecule has 4 rings (SSSR count). The molecular formula is C30H36N2O4S. The van der Waals surface area contributed by atoms with Crippen molar-refractivity contribution in [2.75, 3.05) is 33.4 Å². The van der Waals surface area contributed by atoms with Gasteiger partial charge in [-0.15, -0.1) is 11.3 Å². The highest BCUT2D eigenvalue weighted by Gasteiger charge is 2.34. The Bertz CT molecular complexity index is 1180. The number of rotatable bonds is 11. The van der Waals surface area contributed by atoms with E-state index < -0.39 is 0 Å². The second kappa shape index (κ2) is 12.8. The van der Waals surface area contributed by atoms with Gasteiger partial charge in [0.25, 0.3) is 0 Å². The van der Waals surface area contributed by atoms with Crippen molar-refractivity contribution in [3.8, 4) is 11.5 Å². The van der Waals surface area contributed by atoms with Crippen LogP contribution in [0.3, 0.4) is 0 Å². The zero-order valence-electron chi connectivity index (χ0n) is 21.9. The van der Waals surface area contributed by atoms with E-state index in [-0.39, 0.29) is 24.4 Å². The van der Waals surface area contributed by atoms with Crippen molar-refractivity contribution in [1.82, 2.24) is 9.80 Å². The summed E-state index contributed by atoms with van der Waals surface area (Å²) in [5.41, 5.74) is 2.08. The topological polar surface area (TPSA) is 59.1 Å². The lowest BCUT2D eigenvalue weighted by Crippen LogP contribution is -2.48. The van der Waals surface area contributed by atoms with Gasteiger partial charge in [-0.05, 0) is 47.0 Å². The number of nitrogens with zero attached hydrogens (tertiary/aromatic N) is 2. The monoisotopic (exact) mass is 520 g/mol. The number of thiophene rings is 1. The molecule has 6 nitrogen and oxygen atoms in total. The molecule has 1 aliphatic heterocycles. The number of hydrogen-bond donors (Lipinski definition) is 0. The third-order valence-corrected chi connectivity index (χ3v) is 7.98. The predicted octanol–water partition coefficient (Wildman–Crippen LogP) is 5.38. The maximum absolute atomic E-state index is 13.8. The first-order chi connectivity index (χ1) is 18.0. The van der Waals surface area contributed by atoms with Crippen molar-refractivity contribution in [3.63, 3.8) is 0 Å². The van der Waals surface area contributed by atoms with Crippen molar-refractivity contribution in [1.29, 1.82) is 0 Å². The van der Waals surface area contributed by atoms with Crippen LogP contribution in [0.15, 0.2) is 66.0 Å². The first kappa shape index (κ1) is 26.7. The Hall–Kier alpha value is -3.32. The molecule has 2 atom stereocenters. The van der Waals surface area contributed by atoms with Gasteiger partial charge in [0.15, 0.2) is 11.5 Å². The molecule has 1 aromatic heterocycles. The van der Waals surface area contributed by atoms with Crippen LogP contribution in [0.2, 0.25) is 0 Å². The van der Waals surface area contributed by atoms with Crippen LogP contribution in [0, 0.1) is 5.92 Å². The third-order valence-electron chi connectivity index (χ3n) is 6.99. The van der Waals surface area contributed by atoms with Gasteiger partial charge in [0.2, 0.25) is 11.8 Å². The molecule has 0 fully saturated rings. The number of carbonyl (C=O) groups excluding carboxylic acids is 2. The molecule has 2 amide bonds. The van der Waals surface area contributed by atoms with Gasteiger partial charge in [-0.3, -0.25) is 9.59 Å². The minimum Gasteiger partial charge on any atom is -0.493 e. The molecule has 0 spiro atoms. The highest BCUT2D eigenvalue weighted by atomic mass is 32.1. The zero-order valence-corrected chi connectivity index (χ0v) is 22.7. The van der Waals surface area contributed by atoms with Crippen LogP contribution in [-0.2, 0) is 22.4 Å². The van der Waals surface area contributed by atoms with E-state index in [4.69, 9.17) is 9.47 Å². The van der Waals surface area contributed by atoms with E-state index in [1.807, 2.05) is 59.5 Å². The molecular weight excluding hydrogens is 484 g/mol. The number of benzene rings is 2. The molecule has 1 aliphatic rings. The first-order valence-corrected chi connectivity index (χ1v) is 13.8. The van der Waals surface area contributed by atoms with Crippen LogP contribution in [0.4, 0.5) is 0 Å². The van der Waals surface area contributed by atoms with Crippen molar-refractivity contribution in [3.05, 3.63) is 82.0 Å². The first-order valence-electron chi connectivity index (χ1n) is 12.9. The summed E-state index contributed by atoms with van der Waals surface area (Å²) in [6, 6.07) is 19.1. The number of para-hydroxylation sites is 2. The summed E-state index contributed by atoms with van der Waals surface area (Å²) in [4.78, 5) is 32.0. The maximum atomic E-state index is 13.8. The SMILES string of the molecule is CC[C@@H](C)CN(CC(=O)N1CCc2sccc2[C@@H]1COc1ccccc1OC)C(=O)Cc1ccccc1. The van der Waals surface area contributed by atoms with Crippen LogP contribution in [0.5, 0.6) is 11.5 Å². The van der Waals surface area contributed by atoms with E-state index in [0.29, 0.717) is 43.5 Å². The number of carbonyl (C=O) groups is 2. The van der Waals surface area contributed by atoms with Gasteiger partial charge in [0, 0.05) is 18.0 Å². The minimum atomic E-state index is -0.220. The van der Waals surface area contributed by atoms with Gasteiger partial charge in [-0.1, -0.05) is 62.7 Å². The van der Waals surface area contributed by atoms with Crippen molar-refractivity contribution in [2.45, 2.75) is 39.2 Å². The Morgan fingerprint density at radius 3 is 2.54 bits per heavy atom.